The maximum Gasteiger partial charge on any atom is 0.263 e. The van der Waals surface area contributed by atoms with Gasteiger partial charge in [-0.1, -0.05) is 17.7 Å². The minimum Gasteiger partial charge on any atom is -0.447 e. The molecule has 1 aromatic carbocycles. The van der Waals surface area contributed by atoms with Gasteiger partial charge in [0, 0.05) is 15.1 Å². The minimum absolute atomic E-state index is 0.144. The average Bonchev–Trinajstić information content (AvgIpc) is 3.35. The van der Waals surface area contributed by atoms with Gasteiger partial charge in [0.1, 0.15) is 22.1 Å². The monoisotopic (exact) mass is 452 g/mol. The number of thiophene rings is 1. The summed E-state index contributed by atoms with van der Waals surface area (Å²) in [5, 5.41) is 1.92. The number of pyridine rings is 1. The third-order valence-electron chi connectivity index (χ3n) is 5.47. The lowest BCUT2D eigenvalue weighted by atomic mass is 10.1. The Morgan fingerprint density at radius 2 is 2.13 bits per heavy atom. The standard InChI is InChI=1S/C22H14ClFN4O2S/c23-12-3-4-15-17(5-12)31-21-18(15)22(29)28(9-14-8-25-10-30-14)20(27-21)19-16(11-1-2-11)6-13(24)7-26-19/h3-8,10-11H,1-2,9H2. The number of fused-ring (bicyclic) bond motifs is 3. The van der Waals surface area contributed by atoms with E-state index in [-0.39, 0.29) is 18.0 Å². The lowest BCUT2D eigenvalue weighted by molar-refractivity contribution is 0.486. The number of aromatic nitrogens is 4. The lowest BCUT2D eigenvalue weighted by Crippen LogP contribution is -2.24. The Labute approximate surface area is 184 Å². The van der Waals surface area contributed by atoms with Gasteiger partial charge in [-0.25, -0.2) is 19.3 Å². The molecule has 1 aliphatic rings. The molecule has 31 heavy (non-hydrogen) atoms. The van der Waals surface area contributed by atoms with Gasteiger partial charge >= 0.3 is 0 Å². The van der Waals surface area contributed by atoms with Crippen LogP contribution in [0, 0.1) is 5.82 Å². The van der Waals surface area contributed by atoms with E-state index >= 15 is 0 Å². The molecule has 1 fully saturated rings. The maximum atomic E-state index is 14.0. The summed E-state index contributed by atoms with van der Waals surface area (Å²) in [4.78, 5) is 27.5. The van der Waals surface area contributed by atoms with Crippen molar-refractivity contribution in [3.63, 3.8) is 0 Å². The summed E-state index contributed by atoms with van der Waals surface area (Å²) in [5.74, 6) is 0.744. The number of halogens is 2. The zero-order chi connectivity index (χ0) is 21.1. The van der Waals surface area contributed by atoms with Crippen LogP contribution in [0.25, 0.3) is 31.8 Å². The fourth-order valence-corrected chi connectivity index (χ4v) is 5.22. The van der Waals surface area contributed by atoms with Crippen LogP contribution in [0.15, 0.2) is 52.3 Å². The third-order valence-corrected chi connectivity index (χ3v) is 6.75. The van der Waals surface area contributed by atoms with Crippen LogP contribution in [-0.2, 0) is 6.54 Å². The highest BCUT2D eigenvalue weighted by Crippen LogP contribution is 2.44. The predicted molar refractivity (Wildman–Crippen MR) is 117 cm³/mol. The van der Waals surface area contributed by atoms with Crippen molar-refractivity contribution in [1.29, 1.82) is 0 Å². The maximum absolute atomic E-state index is 14.0. The first-order valence-electron chi connectivity index (χ1n) is 9.74. The van der Waals surface area contributed by atoms with Crippen molar-refractivity contribution < 1.29 is 8.81 Å². The van der Waals surface area contributed by atoms with E-state index in [1.54, 1.807) is 12.3 Å². The molecule has 0 radical (unpaired) electrons. The van der Waals surface area contributed by atoms with Crippen molar-refractivity contribution in [3.8, 4) is 11.5 Å². The number of hydrogen-bond donors (Lipinski definition) is 0. The smallest absolute Gasteiger partial charge is 0.263 e. The molecular weight excluding hydrogens is 439 g/mol. The summed E-state index contributed by atoms with van der Waals surface area (Å²) < 4.78 is 21.8. The molecule has 6 nitrogen and oxygen atoms in total. The van der Waals surface area contributed by atoms with Crippen LogP contribution in [0.3, 0.4) is 0 Å². The van der Waals surface area contributed by atoms with Crippen LogP contribution in [0.1, 0.15) is 30.1 Å². The highest BCUT2D eigenvalue weighted by molar-refractivity contribution is 7.25. The highest BCUT2D eigenvalue weighted by atomic mass is 35.5. The van der Waals surface area contributed by atoms with Gasteiger partial charge in [0.25, 0.3) is 5.56 Å². The topological polar surface area (TPSA) is 73.8 Å². The van der Waals surface area contributed by atoms with Gasteiger partial charge in [0.2, 0.25) is 0 Å². The van der Waals surface area contributed by atoms with Crippen LogP contribution >= 0.6 is 22.9 Å². The van der Waals surface area contributed by atoms with Crippen LogP contribution < -0.4 is 5.56 Å². The Morgan fingerprint density at radius 1 is 1.26 bits per heavy atom. The van der Waals surface area contributed by atoms with Crippen molar-refractivity contribution >= 4 is 43.2 Å². The normalized spacial score (nSPS) is 14.0. The first kappa shape index (κ1) is 18.7. The van der Waals surface area contributed by atoms with E-state index in [0.717, 1.165) is 28.5 Å². The van der Waals surface area contributed by atoms with E-state index in [0.29, 0.717) is 32.5 Å². The molecule has 0 spiro atoms. The number of benzene rings is 1. The zero-order valence-electron chi connectivity index (χ0n) is 16.0. The van der Waals surface area contributed by atoms with Gasteiger partial charge < -0.3 is 4.42 Å². The third kappa shape index (κ3) is 3.14. The molecule has 5 aromatic rings. The van der Waals surface area contributed by atoms with E-state index in [2.05, 4.69) is 9.97 Å². The zero-order valence-corrected chi connectivity index (χ0v) is 17.6. The fourth-order valence-electron chi connectivity index (χ4n) is 3.88. The van der Waals surface area contributed by atoms with Crippen LogP contribution in [-0.4, -0.2) is 19.5 Å². The molecule has 154 valence electrons. The van der Waals surface area contributed by atoms with E-state index in [4.69, 9.17) is 21.0 Å². The van der Waals surface area contributed by atoms with Crippen molar-refractivity contribution in [2.24, 2.45) is 0 Å². The average molecular weight is 453 g/mol. The molecule has 1 saturated carbocycles. The Balaban J connectivity index is 1.68. The Morgan fingerprint density at radius 3 is 2.90 bits per heavy atom. The van der Waals surface area contributed by atoms with Gasteiger partial charge in [-0.2, -0.15) is 0 Å². The SMILES string of the molecule is O=c1c2c(nc(-c3ncc(F)cc3C3CC3)n1Cc1cnco1)sc1cc(Cl)ccc12. The summed E-state index contributed by atoms with van der Waals surface area (Å²) in [5.41, 5.74) is 1.09. The molecule has 0 amide bonds. The van der Waals surface area contributed by atoms with Crippen LogP contribution in [0.5, 0.6) is 0 Å². The first-order chi connectivity index (χ1) is 15.1. The van der Waals surface area contributed by atoms with Gasteiger partial charge in [-0.3, -0.25) is 9.36 Å². The second kappa shape index (κ2) is 6.96. The molecule has 1 aliphatic carbocycles. The van der Waals surface area contributed by atoms with Gasteiger partial charge in [-0.05, 0) is 42.5 Å². The quantitative estimate of drug-likeness (QED) is 0.366. The number of nitrogens with zero attached hydrogens (tertiary/aromatic N) is 4. The van der Waals surface area contributed by atoms with E-state index in [1.165, 1.54) is 34.6 Å². The molecule has 9 heteroatoms. The molecule has 6 rings (SSSR count). The van der Waals surface area contributed by atoms with Crippen molar-refractivity contribution in [1.82, 2.24) is 19.5 Å². The molecule has 0 saturated heterocycles. The molecule has 4 heterocycles. The molecule has 0 atom stereocenters. The van der Waals surface area contributed by atoms with E-state index in [1.807, 2.05) is 12.1 Å². The van der Waals surface area contributed by atoms with Crippen LogP contribution in [0.4, 0.5) is 4.39 Å². The van der Waals surface area contributed by atoms with E-state index < -0.39 is 5.82 Å². The Bertz CT molecular complexity index is 1520. The second-order valence-electron chi connectivity index (χ2n) is 7.58. The summed E-state index contributed by atoms with van der Waals surface area (Å²) in [6.45, 7) is 0.144. The fraction of sp³-hybridized carbons (Fsp3) is 0.182. The highest BCUT2D eigenvalue weighted by Gasteiger charge is 2.30. The summed E-state index contributed by atoms with van der Waals surface area (Å²) in [7, 11) is 0. The van der Waals surface area contributed by atoms with Gasteiger partial charge in [0.05, 0.1) is 24.3 Å². The minimum atomic E-state index is -0.396. The van der Waals surface area contributed by atoms with E-state index in [9.17, 15) is 9.18 Å². The van der Waals surface area contributed by atoms with Crippen molar-refractivity contribution in [2.45, 2.75) is 25.3 Å². The predicted octanol–water partition coefficient (Wildman–Crippen LogP) is 5.38. The number of oxazole rings is 1. The first-order valence-corrected chi connectivity index (χ1v) is 10.9. The second-order valence-corrected chi connectivity index (χ2v) is 9.05. The van der Waals surface area contributed by atoms with Gasteiger partial charge in [0.15, 0.2) is 12.2 Å². The Kier molecular flexibility index (Phi) is 4.19. The van der Waals surface area contributed by atoms with Crippen molar-refractivity contribution in [2.75, 3.05) is 0 Å². The molecule has 4 aromatic heterocycles. The molecular formula is C22H14ClFN4O2S. The summed E-state index contributed by atoms with van der Waals surface area (Å²) in [6.07, 6.45) is 5.98. The largest absolute Gasteiger partial charge is 0.447 e. The molecule has 0 N–H and O–H groups in total. The molecule has 0 aliphatic heterocycles. The molecule has 0 bridgehead atoms. The number of hydrogen-bond acceptors (Lipinski definition) is 6. The summed E-state index contributed by atoms with van der Waals surface area (Å²) >= 11 is 7.56. The number of rotatable bonds is 4. The lowest BCUT2D eigenvalue weighted by Gasteiger charge is -2.14. The molecule has 0 unspecified atom stereocenters. The van der Waals surface area contributed by atoms with Crippen LogP contribution in [0.2, 0.25) is 5.02 Å². The van der Waals surface area contributed by atoms with Gasteiger partial charge in [-0.15, -0.1) is 11.3 Å². The summed E-state index contributed by atoms with van der Waals surface area (Å²) in [6, 6.07) is 6.93. The van der Waals surface area contributed by atoms with Crippen molar-refractivity contribution in [3.05, 3.63) is 75.6 Å². The Hall–Kier alpha value is -3.10.